The van der Waals surface area contributed by atoms with Crippen LogP contribution in [0.25, 0.3) is 0 Å². The van der Waals surface area contributed by atoms with Crippen molar-refractivity contribution in [2.75, 3.05) is 0 Å². The van der Waals surface area contributed by atoms with E-state index in [9.17, 15) is 0 Å². The van der Waals surface area contributed by atoms with E-state index in [-0.39, 0.29) is 0 Å². The molecule has 0 amide bonds. The molecule has 0 bridgehead atoms. The molecule has 0 aliphatic heterocycles. The molecule has 1 aromatic rings. The van der Waals surface area contributed by atoms with E-state index in [2.05, 4.69) is 23.9 Å². The Hall–Kier alpha value is -0.830. The minimum absolute atomic E-state index is 0.383. The zero-order valence-electron chi connectivity index (χ0n) is 11.4. The van der Waals surface area contributed by atoms with Crippen molar-refractivity contribution in [1.82, 2.24) is 9.78 Å². The van der Waals surface area contributed by atoms with E-state index in [1.54, 1.807) is 0 Å². The molecule has 3 heteroatoms. The second kappa shape index (κ2) is 4.69. The van der Waals surface area contributed by atoms with Gasteiger partial charge in [-0.15, -0.1) is 0 Å². The average molecular weight is 247 g/mol. The van der Waals surface area contributed by atoms with Crippen LogP contribution in [0.3, 0.4) is 0 Å². The Balaban J connectivity index is 1.66. The fraction of sp³-hybridized carbons (Fsp3) is 0.800. The summed E-state index contributed by atoms with van der Waals surface area (Å²) in [7, 11) is 0. The summed E-state index contributed by atoms with van der Waals surface area (Å²) in [5.41, 5.74) is 7.69. The van der Waals surface area contributed by atoms with Gasteiger partial charge >= 0.3 is 0 Å². The molecule has 2 saturated carbocycles. The summed E-state index contributed by atoms with van der Waals surface area (Å²) >= 11 is 0. The van der Waals surface area contributed by atoms with Crippen LogP contribution in [0.4, 0.5) is 0 Å². The summed E-state index contributed by atoms with van der Waals surface area (Å²) in [5, 5.41) is 4.80. The van der Waals surface area contributed by atoms with Crippen LogP contribution < -0.4 is 5.73 Å². The zero-order chi connectivity index (χ0) is 12.6. The molecule has 1 aromatic heterocycles. The summed E-state index contributed by atoms with van der Waals surface area (Å²) < 4.78 is 2.21. The fourth-order valence-electron chi connectivity index (χ4n) is 3.81. The predicted octanol–water partition coefficient (Wildman–Crippen LogP) is 3.06. The van der Waals surface area contributed by atoms with Crippen molar-refractivity contribution in [2.45, 2.75) is 70.4 Å². The smallest absolute Gasteiger partial charge is 0.0630 e. The summed E-state index contributed by atoms with van der Waals surface area (Å²) in [6.45, 7) is 2.37. The van der Waals surface area contributed by atoms with E-state index < -0.39 is 0 Å². The Bertz CT molecular complexity index is 406. The second-order valence-corrected chi connectivity index (χ2v) is 6.72. The van der Waals surface area contributed by atoms with Gasteiger partial charge in [-0.1, -0.05) is 19.8 Å². The van der Waals surface area contributed by atoms with Crippen molar-refractivity contribution < 1.29 is 0 Å². The summed E-state index contributed by atoms with van der Waals surface area (Å²) in [6.07, 6.45) is 12.2. The molecule has 2 N–H and O–H groups in total. The standard InChI is InChI=1S/C15H25N3/c1-15(8-6-12(16)10-15)11-13-7-9-18(17-13)14-4-2-3-5-14/h7,9,12,14H,2-6,8,10-11,16H2,1H3. The van der Waals surface area contributed by atoms with Gasteiger partial charge in [-0.3, -0.25) is 4.68 Å². The first kappa shape index (κ1) is 12.2. The van der Waals surface area contributed by atoms with Crippen molar-refractivity contribution in [2.24, 2.45) is 11.1 Å². The molecule has 0 saturated heterocycles. The van der Waals surface area contributed by atoms with Crippen molar-refractivity contribution in [1.29, 1.82) is 0 Å². The third kappa shape index (κ3) is 2.46. The first-order valence-electron chi connectivity index (χ1n) is 7.44. The molecular weight excluding hydrogens is 222 g/mol. The van der Waals surface area contributed by atoms with Gasteiger partial charge in [0.25, 0.3) is 0 Å². The highest BCUT2D eigenvalue weighted by Crippen LogP contribution is 2.39. The molecule has 18 heavy (non-hydrogen) atoms. The Morgan fingerprint density at radius 2 is 2.17 bits per heavy atom. The lowest BCUT2D eigenvalue weighted by Gasteiger charge is -2.22. The predicted molar refractivity (Wildman–Crippen MR) is 73.4 cm³/mol. The van der Waals surface area contributed by atoms with E-state index in [1.807, 2.05) is 0 Å². The Morgan fingerprint density at radius 1 is 1.39 bits per heavy atom. The minimum atomic E-state index is 0.383. The molecule has 100 valence electrons. The van der Waals surface area contributed by atoms with Gasteiger partial charge in [-0.25, -0.2) is 0 Å². The highest BCUT2D eigenvalue weighted by Gasteiger charge is 2.34. The molecule has 2 aliphatic rings. The molecule has 0 radical (unpaired) electrons. The van der Waals surface area contributed by atoms with Crippen LogP contribution >= 0.6 is 0 Å². The molecule has 2 aliphatic carbocycles. The maximum absolute atomic E-state index is 6.04. The Kier molecular flexibility index (Phi) is 3.18. The molecule has 0 aromatic carbocycles. The van der Waals surface area contributed by atoms with Gasteiger partial charge in [-0.05, 0) is 50.0 Å². The van der Waals surface area contributed by atoms with Gasteiger partial charge in [0.15, 0.2) is 0 Å². The van der Waals surface area contributed by atoms with E-state index in [1.165, 1.54) is 44.2 Å². The monoisotopic (exact) mass is 247 g/mol. The quantitative estimate of drug-likeness (QED) is 0.892. The lowest BCUT2D eigenvalue weighted by atomic mass is 9.84. The van der Waals surface area contributed by atoms with Crippen LogP contribution in [0, 0.1) is 5.41 Å². The third-order valence-corrected chi connectivity index (χ3v) is 4.84. The molecule has 2 unspecified atom stereocenters. The third-order valence-electron chi connectivity index (χ3n) is 4.84. The molecule has 1 heterocycles. The van der Waals surface area contributed by atoms with Crippen LogP contribution in [0.2, 0.25) is 0 Å². The molecule has 2 atom stereocenters. The van der Waals surface area contributed by atoms with Gasteiger partial charge in [0, 0.05) is 12.2 Å². The van der Waals surface area contributed by atoms with Gasteiger partial charge in [0.1, 0.15) is 0 Å². The van der Waals surface area contributed by atoms with Crippen LogP contribution in [-0.2, 0) is 6.42 Å². The first-order valence-corrected chi connectivity index (χ1v) is 7.44. The average Bonchev–Trinajstić information content (AvgIpc) is 2.99. The number of nitrogens with two attached hydrogens (primary N) is 1. The summed E-state index contributed by atoms with van der Waals surface area (Å²) in [4.78, 5) is 0. The highest BCUT2D eigenvalue weighted by molar-refractivity contribution is 5.05. The summed E-state index contributed by atoms with van der Waals surface area (Å²) in [5.74, 6) is 0. The Labute approximate surface area is 110 Å². The lowest BCUT2D eigenvalue weighted by Crippen LogP contribution is -2.21. The largest absolute Gasteiger partial charge is 0.328 e. The number of nitrogens with zero attached hydrogens (tertiary/aromatic N) is 2. The van der Waals surface area contributed by atoms with Gasteiger partial charge in [0.05, 0.1) is 11.7 Å². The van der Waals surface area contributed by atoms with Crippen molar-refractivity contribution in [3.05, 3.63) is 18.0 Å². The topological polar surface area (TPSA) is 43.8 Å². The first-order chi connectivity index (χ1) is 8.65. The highest BCUT2D eigenvalue weighted by atomic mass is 15.3. The molecular formula is C15H25N3. The maximum Gasteiger partial charge on any atom is 0.0630 e. The number of rotatable bonds is 3. The molecule has 0 spiro atoms. The van der Waals surface area contributed by atoms with Crippen LogP contribution in [0.1, 0.15) is 63.6 Å². The summed E-state index contributed by atoms with van der Waals surface area (Å²) in [6, 6.07) is 3.29. The minimum Gasteiger partial charge on any atom is -0.328 e. The van der Waals surface area contributed by atoms with Crippen LogP contribution in [-0.4, -0.2) is 15.8 Å². The molecule has 3 nitrogen and oxygen atoms in total. The second-order valence-electron chi connectivity index (χ2n) is 6.72. The van der Waals surface area contributed by atoms with Gasteiger partial charge in [-0.2, -0.15) is 5.10 Å². The zero-order valence-corrected chi connectivity index (χ0v) is 11.4. The van der Waals surface area contributed by atoms with Crippen molar-refractivity contribution in [3.8, 4) is 0 Å². The van der Waals surface area contributed by atoms with Crippen molar-refractivity contribution in [3.63, 3.8) is 0 Å². The number of hydrogen-bond acceptors (Lipinski definition) is 2. The van der Waals surface area contributed by atoms with E-state index in [0.717, 1.165) is 12.8 Å². The number of aromatic nitrogens is 2. The van der Waals surface area contributed by atoms with Crippen LogP contribution in [0.5, 0.6) is 0 Å². The maximum atomic E-state index is 6.04. The van der Waals surface area contributed by atoms with Gasteiger partial charge in [0.2, 0.25) is 0 Å². The molecule has 2 fully saturated rings. The number of hydrogen-bond donors (Lipinski definition) is 1. The van der Waals surface area contributed by atoms with E-state index in [4.69, 9.17) is 10.8 Å². The normalized spacial score (nSPS) is 33.3. The van der Waals surface area contributed by atoms with Gasteiger partial charge < -0.3 is 5.73 Å². The Morgan fingerprint density at radius 3 is 2.83 bits per heavy atom. The van der Waals surface area contributed by atoms with E-state index >= 15 is 0 Å². The van der Waals surface area contributed by atoms with E-state index in [0.29, 0.717) is 17.5 Å². The SMILES string of the molecule is CC1(Cc2ccn(C3CCCC3)n2)CCC(N)C1. The molecule has 3 rings (SSSR count). The van der Waals surface area contributed by atoms with Crippen LogP contribution in [0.15, 0.2) is 12.3 Å². The lowest BCUT2D eigenvalue weighted by molar-refractivity contribution is 0.323. The fourth-order valence-corrected chi connectivity index (χ4v) is 3.81. The van der Waals surface area contributed by atoms with Crippen molar-refractivity contribution >= 4 is 0 Å².